The van der Waals surface area contributed by atoms with Gasteiger partial charge in [-0.3, -0.25) is 5.41 Å². The summed E-state index contributed by atoms with van der Waals surface area (Å²) < 4.78 is 5.01. The molecule has 0 heterocycles. The predicted octanol–water partition coefficient (Wildman–Crippen LogP) is 1.37. The fourth-order valence-electron chi connectivity index (χ4n) is 0.924. The number of esters is 1. The van der Waals surface area contributed by atoms with Crippen molar-refractivity contribution in [2.24, 2.45) is 5.92 Å². The summed E-state index contributed by atoms with van der Waals surface area (Å²) in [5.74, 6) is -1.05. The third kappa shape index (κ3) is 4.37. The molecule has 0 aliphatic carbocycles. The average molecular weight is 201 g/mol. The zero-order valence-electron chi connectivity index (χ0n) is 9.26. The Bertz CT molecular complexity index is 214. The van der Waals surface area contributed by atoms with Crippen LogP contribution in [0.3, 0.4) is 0 Å². The maximum atomic E-state index is 11.4. The molecule has 1 atom stereocenters. The third-order valence-electron chi connectivity index (χ3n) is 1.74. The van der Waals surface area contributed by atoms with E-state index in [0.29, 0.717) is 6.42 Å². The molecule has 0 rings (SSSR count). The van der Waals surface area contributed by atoms with Gasteiger partial charge in [-0.05, 0) is 27.2 Å². The summed E-state index contributed by atoms with van der Waals surface area (Å²) in [5.41, 5.74) is -0.734. The first-order chi connectivity index (χ1) is 6.31. The molecule has 0 saturated carbocycles. The maximum absolute atomic E-state index is 11.4. The van der Waals surface area contributed by atoms with Gasteiger partial charge in [0.15, 0.2) is 0 Å². The average Bonchev–Trinajstić information content (AvgIpc) is 2.03. The summed E-state index contributed by atoms with van der Waals surface area (Å²) in [6, 6.07) is 0. The third-order valence-corrected chi connectivity index (χ3v) is 1.74. The van der Waals surface area contributed by atoms with Gasteiger partial charge in [0.1, 0.15) is 11.3 Å². The number of aliphatic hydroxyl groups is 1. The standard InChI is InChI=1S/C10H19NO3/c1-5-7(6-12)8(11)9(13)14-10(2,3)4/h7,11-12H,5-6H2,1-4H3. The van der Waals surface area contributed by atoms with Crippen molar-refractivity contribution in [1.29, 1.82) is 5.41 Å². The van der Waals surface area contributed by atoms with Gasteiger partial charge in [0.25, 0.3) is 0 Å². The molecule has 82 valence electrons. The topological polar surface area (TPSA) is 70.4 Å². The Morgan fingerprint density at radius 3 is 2.29 bits per heavy atom. The lowest BCUT2D eigenvalue weighted by atomic mass is 10.0. The van der Waals surface area contributed by atoms with E-state index in [1.807, 2.05) is 6.92 Å². The summed E-state index contributed by atoms with van der Waals surface area (Å²) in [5, 5.41) is 16.4. The first-order valence-corrected chi connectivity index (χ1v) is 4.74. The van der Waals surface area contributed by atoms with Gasteiger partial charge in [0.05, 0.1) is 6.61 Å². The molecule has 2 N–H and O–H groups in total. The highest BCUT2D eigenvalue weighted by molar-refractivity contribution is 6.36. The monoisotopic (exact) mass is 201 g/mol. The molecule has 4 nitrogen and oxygen atoms in total. The minimum Gasteiger partial charge on any atom is -0.455 e. The molecular weight excluding hydrogens is 182 g/mol. The smallest absolute Gasteiger partial charge is 0.352 e. The number of hydrogen-bond acceptors (Lipinski definition) is 4. The zero-order chi connectivity index (χ0) is 11.4. The SMILES string of the molecule is CCC(CO)C(=N)C(=O)OC(C)(C)C. The van der Waals surface area contributed by atoms with Crippen LogP contribution in [0, 0.1) is 11.3 Å². The number of nitrogens with one attached hydrogen (secondary N) is 1. The Morgan fingerprint density at radius 1 is 1.50 bits per heavy atom. The molecule has 0 aromatic carbocycles. The van der Waals surface area contributed by atoms with Gasteiger partial charge in [-0.1, -0.05) is 6.92 Å². The molecule has 0 aliphatic rings. The molecule has 4 heteroatoms. The minimum atomic E-state index is -0.640. The second-order valence-electron chi connectivity index (χ2n) is 4.20. The molecule has 0 aromatic heterocycles. The van der Waals surface area contributed by atoms with Crippen molar-refractivity contribution in [3.8, 4) is 0 Å². The Labute approximate surface area is 84.8 Å². The fourth-order valence-corrected chi connectivity index (χ4v) is 0.924. The molecule has 0 radical (unpaired) electrons. The van der Waals surface area contributed by atoms with Crippen molar-refractivity contribution in [2.45, 2.75) is 39.7 Å². The summed E-state index contributed by atoms with van der Waals surface area (Å²) in [6.07, 6.45) is 0.564. The molecule has 1 unspecified atom stereocenters. The van der Waals surface area contributed by atoms with Crippen LogP contribution < -0.4 is 0 Å². The Balaban J connectivity index is 4.32. The van der Waals surface area contributed by atoms with Crippen LogP contribution in [-0.4, -0.2) is 29.0 Å². The lowest BCUT2D eigenvalue weighted by Crippen LogP contribution is -2.33. The predicted molar refractivity (Wildman–Crippen MR) is 54.4 cm³/mol. The summed E-state index contributed by atoms with van der Waals surface area (Å²) in [4.78, 5) is 11.4. The highest BCUT2D eigenvalue weighted by Gasteiger charge is 2.24. The van der Waals surface area contributed by atoms with Crippen molar-refractivity contribution in [2.75, 3.05) is 6.61 Å². The highest BCUT2D eigenvalue weighted by Crippen LogP contribution is 2.11. The van der Waals surface area contributed by atoms with Crippen molar-refractivity contribution in [3.63, 3.8) is 0 Å². The molecule has 0 saturated heterocycles. The Kier molecular flexibility index (Phi) is 4.77. The van der Waals surface area contributed by atoms with Crippen LogP contribution in [0.4, 0.5) is 0 Å². The maximum Gasteiger partial charge on any atom is 0.352 e. The minimum absolute atomic E-state index is 0.148. The van der Waals surface area contributed by atoms with Crippen LogP contribution >= 0.6 is 0 Å². The number of carbonyl (C=O) groups excluding carboxylic acids is 1. The molecule has 0 amide bonds. The molecule has 0 spiro atoms. The van der Waals surface area contributed by atoms with E-state index < -0.39 is 17.5 Å². The van der Waals surface area contributed by atoms with Crippen LogP contribution in [0.1, 0.15) is 34.1 Å². The number of hydrogen-bond donors (Lipinski definition) is 2. The van der Waals surface area contributed by atoms with E-state index in [-0.39, 0.29) is 12.3 Å². The summed E-state index contributed by atoms with van der Waals surface area (Å²) >= 11 is 0. The lowest BCUT2D eigenvalue weighted by Gasteiger charge is -2.21. The van der Waals surface area contributed by atoms with Gasteiger partial charge in [-0.25, -0.2) is 4.79 Å². The van der Waals surface area contributed by atoms with E-state index >= 15 is 0 Å². The Morgan fingerprint density at radius 2 is 2.00 bits per heavy atom. The number of carbonyl (C=O) groups is 1. The fraction of sp³-hybridized carbons (Fsp3) is 0.800. The molecular formula is C10H19NO3. The van der Waals surface area contributed by atoms with E-state index in [4.69, 9.17) is 15.3 Å². The van der Waals surface area contributed by atoms with Crippen LogP contribution in [0.15, 0.2) is 0 Å². The molecule has 0 aromatic rings. The second kappa shape index (κ2) is 5.10. The van der Waals surface area contributed by atoms with E-state index in [2.05, 4.69) is 0 Å². The first-order valence-electron chi connectivity index (χ1n) is 4.74. The number of aliphatic hydroxyl groups excluding tert-OH is 1. The second-order valence-corrected chi connectivity index (χ2v) is 4.20. The molecule has 14 heavy (non-hydrogen) atoms. The Hall–Kier alpha value is -0.900. The van der Waals surface area contributed by atoms with E-state index in [1.54, 1.807) is 20.8 Å². The molecule has 0 aliphatic heterocycles. The molecule has 0 bridgehead atoms. The summed E-state index contributed by atoms with van der Waals surface area (Å²) in [7, 11) is 0. The quantitative estimate of drug-likeness (QED) is 0.533. The lowest BCUT2D eigenvalue weighted by molar-refractivity contribution is -0.146. The van der Waals surface area contributed by atoms with Crippen LogP contribution in [0.25, 0.3) is 0 Å². The van der Waals surface area contributed by atoms with Gasteiger partial charge in [0, 0.05) is 5.92 Å². The summed E-state index contributed by atoms with van der Waals surface area (Å²) in [6.45, 7) is 6.88. The van der Waals surface area contributed by atoms with Gasteiger partial charge in [-0.15, -0.1) is 0 Å². The zero-order valence-corrected chi connectivity index (χ0v) is 9.26. The number of rotatable bonds is 4. The van der Waals surface area contributed by atoms with E-state index in [1.165, 1.54) is 0 Å². The van der Waals surface area contributed by atoms with Crippen LogP contribution in [0.2, 0.25) is 0 Å². The molecule has 0 fully saturated rings. The number of ether oxygens (including phenoxy) is 1. The van der Waals surface area contributed by atoms with Crippen molar-refractivity contribution in [1.82, 2.24) is 0 Å². The van der Waals surface area contributed by atoms with E-state index in [0.717, 1.165) is 0 Å². The largest absolute Gasteiger partial charge is 0.455 e. The van der Waals surface area contributed by atoms with Gasteiger partial charge in [-0.2, -0.15) is 0 Å². The van der Waals surface area contributed by atoms with Gasteiger partial charge < -0.3 is 9.84 Å². The van der Waals surface area contributed by atoms with Gasteiger partial charge >= 0.3 is 5.97 Å². The van der Waals surface area contributed by atoms with Crippen molar-refractivity contribution < 1.29 is 14.6 Å². The normalized spacial score (nSPS) is 13.5. The van der Waals surface area contributed by atoms with Crippen LogP contribution in [-0.2, 0) is 9.53 Å². The first kappa shape index (κ1) is 13.1. The van der Waals surface area contributed by atoms with Gasteiger partial charge in [0.2, 0.25) is 0 Å². The highest BCUT2D eigenvalue weighted by atomic mass is 16.6. The van der Waals surface area contributed by atoms with Crippen molar-refractivity contribution >= 4 is 11.7 Å². The van der Waals surface area contributed by atoms with E-state index in [9.17, 15) is 4.79 Å². The van der Waals surface area contributed by atoms with Crippen LogP contribution in [0.5, 0.6) is 0 Å². The van der Waals surface area contributed by atoms with Crippen molar-refractivity contribution in [3.05, 3.63) is 0 Å².